The Morgan fingerprint density at radius 2 is 2.21 bits per heavy atom. The first-order valence-electron chi connectivity index (χ1n) is 6.70. The zero-order valence-electron chi connectivity index (χ0n) is 11.6. The molecule has 1 aromatic rings. The standard InChI is InChI=1S/C13H22N4O2/c1-10(14)9-17-13(18)7-11(8-15-17)16-5-3-12(19-2)4-6-16/h7-8,10,12H,3-6,9,14H2,1-2H3. The van der Waals surface area contributed by atoms with Crippen LogP contribution in [0.3, 0.4) is 0 Å². The number of anilines is 1. The summed E-state index contributed by atoms with van der Waals surface area (Å²) in [7, 11) is 1.75. The van der Waals surface area contributed by atoms with Crippen LogP contribution in [0.15, 0.2) is 17.1 Å². The lowest BCUT2D eigenvalue weighted by atomic mass is 10.1. The van der Waals surface area contributed by atoms with Gasteiger partial charge in [0.25, 0.3) is 5.56 Å². The van der Waals surface area contributed by atoms with Gasteiger partial charge in [-0.1, -0.05) is 0 Å². The molecule has 6 heteroatoms. The lowest BCUT2D eigenvalue weighted by molar-refractivity contribution is 0.0819. The number of nitrogens with zero attached hydrogens (tertiary/aromatic N) is 3. The first kappa shape index (κ1) is 14.0. The topological polar surface area (TPSA) is 73.4 Å². The van der Waals surface area contributed by atoms with E-state index in [1.165, 1.54) is 4.68 Å². The van der Waals surface area contributed by atoms with Crippen LogP contribution in [-0.4, -0.2) is 42.1 Å². The summed E-state index contributed by atoms with van der Waals surface area (Å²) in [6, 6.07) is 1.57. The quantitative estimate of drug-likeness (QED) is 0.843. The molecule has 1 aromatic heterocycles. The molecule has 0 spiro atoms. The van der Waals surface area contributed by atoms with Gasteiger partial charge in [0, 0.05) is 32.3 Å². The summed E-state index contributed by atoms with van der Waals surface area (Å²) < 4.78 is 6.75. The summed E-state index contributed by atoms with van der Waals surface area (Å²) in [5.74, 6) is 0. The van der Waals surface area contributed by atoms with E-state index in [2.05, 4.69) is 10.00 Å². The van der Waals surface area contributed by atoms with Crippen molar-refractivity contribution in [2.45, 2.75) is 38.5 Å². The van der Waals surface area contributed by atoms with Gasteiger partial charge < -0.3 is 15.4 Å². The second-order valence-corrected chi connectivity index (χ2v) is 5.13. The third kappa shape index (κ3) is 3.54. The summed E-state index contributed by atoms with van der Waals surface area (Å²) in [6.45, 7) is 4.11. The van der Waals surface area contributed by atoms with Crippen molar-refractivity contribution < 1.29 is 4.74 Å². The SMILES string of the molecule is COC1CCN(c2cnn(CC(C)N)c(=O)c2)CC1. The smallest absolute Gasteiger partial charge is 0.268 e. The van der Waals surface area contributed by atoms with Crippen LogP contribution < -0.4 is 16.2 Å². The van der Waals surface area contributed by atoms with Crippen LogP contribution in [0.5, 0.6) is 0 Å². The highest BCUT2D eigenvalue weighted by Crippen LogP contribution is 2.18. The zero-order chi connectivity index (χ0) is 13.8. The van der Waals surface area contributed by atoms with Gasteiger partial charge in [0.15, 0.2) is 0 Å². The molecule has 2 heterocycles. The lowest BCUT2D eigenvalue weighted by Gasteiger charge is -2.32. The number of piperidine rings is 1. The van der Waals surface area contributed by atoms with Crippen LogP contribution in [0, 0.1) is 0 Å². The minimum absolute atomic E-state index is 0.0755. The molecule has 0 radical (unpaired) electrons. The maximum atomic E-state index is 11.9. The number of ether oxygens (including phenoxy) is 1. The van der Waals surface area contributed by atoms with E-state index in [9.17, 15) is 4.79 Å². The van der Waals surface area contributed by atoms with Gasteiger partial charge in [0.05, 0.1) is 24.5 Å². The second-order valence-electron chi connectivity index (χ2n) is 5.13. The zero-order valence-corrected chi connectivity index (χ0v) is 11.6. The molecular weight excluding hydrogens is 244 g/mol. The third-order valence-corrected chi connectivity index (χ3v) is 3.46. The molecular formula is C13H22N4O2. The van der Waals surface area contributed by atoms with Crippen LogP contribution in [0.1, 0.15) is 19.8 Å². The van der Waals surface area contributed by atoms with Gasteiger partial charge in [-0.25, -0.2) is 4.68 Å². The summed E-state index contributed by atoms with van der Waals surface area (Å²) in [6.07, 6.45) is 4.05. The third-order valence-electron chi connectivity index (χ3n) is 3.46. The molecule has 106 valence electrons. The molecule has 0 amide bonds. The minimum atomic E-state index is -0.0938. The van der Waals surface area contributed by atoms with Crippen LogP contribution in [-0.2, 0) is 11.3 Å². The van der Waals surface area contributed by atoms with E-state index in [1.807, 2.05) is 6.92 Å². The van der Waals surface area contributed by atoms with Crippen molar-refractivity contribution in [2.75, 3.05) is 25.1 Å². The van der Waals surface area contributed by atoms with Gasteiger partial charge in [-0.2, -0.15) is 5.10 Å². The highest BCUT2D eigenvalue weighted by atomic mass is 16.5. The van der Waals surface area contributed by atoms with Crippen molar-refractivity contribution in [3.8, 4) is 0 Å². The van der Waals surface area contributed by atoms with Crippen LogP contribution in [0.4, 0.5) is 5.69 Å². The number of hydrogen-bond acceptors (Lipinski definition) is 5. The highest BCUT2D eigenvalue weighted by molar-refractivity contribution is 5.43. The monoisotopic (exact) mass is 266 g/mol. The van der Waals surface area contributed by atoms with Gasteiger partial charge in [-0.05, 0) is 19.8 Å². The molecule has 1 aliphatic rings. The maximum Gasteiger partial charge on any atom is 0.268 e. The molecule has 1 saturated heterocycles. The van der Waals surface area contributed by atoms with Crippen molar-refractivity contribution >= 4 is 5.69 Å². The van der Waals surface area contributed by atoms with Crippen molar-refractivity contribution in [3.63, 3.8) is 0 Å². The minimum Gasteiger partial charge on any atom is -0.381 e. The first-order chi connectivity index (χ1) is 9.10. The van der Waals surface area contributed by atoms with Crippen molar-refractivity contribution in [2.24, 2.45) is 5.73 Å². The van der Waals surface area contributed by atoms with E-state index in [4.69, 9.17) is 10.5 Å². The molecule has 0 bridgehead atoms. The largest absolute Gasteiger partial charge is 0.381 e. The van der Waals surface area contributed by atoms with Gasteiger partial charge in [0.2, 0.25) is 0 Å². The summed E-state index contributed by atoms with van der Waals surface area (Å²) in [5, 5.41) is 4.18. The Balaban J connectivity index is 2.06. The van der Waals surface area contributed by atoms with E-state index < -0.39 is 0 Å². The van der Waals surface area contributed by atoms with Gasteiger partial charge in [-0.15, -0.1) is 0 Å². The molecule has 2 N–H and O–H groups in total. The highest BCUT2D eigenvalue weighted by Gasteiger charge is 2.19. The Bertz CT molecular complexity index is 464. The molecule has 2 rings (SSSR count). The van der Waals surface area contributed by atoms with E-state index in [-0.39, 0.29) is 11.6 Å². The van der Waals surface area contributed by atoms with Crippen molar-refractivity contribution in [1.29, 1.82) is 0 Å². The lowest BCUT2D eigenvalue weighted by Crippen LogP contribution is -2.38. The predicted octanol–water partition coefficient (Wildman–Crippen LogP) is 0.206. The molecule has 19 heavy (non-hydrogen) atoms. The molecule has 0 aliphatic carbocycles. The van der Waals surface area contributed by atoms with Crippen LogP contribution in [0.2, 0.25) is 0 Å². The summed E-state index contributed by atoms with van der Waals surface area (Å²) >= 11 is 0. The number of aromatic nitrogens is 2. The first-order valence-corrected chi connectivity index (χ1v) is 6.70. The average molecular weight is 266 g/mol. The van der Waals surface area contributed by atoms with Crippen molar-refractivity contribution in [3.05, 3.63) is 22.6 Å². The van der Waals surface area contributed by atoms with E-state index in [0.717, 1.165) is 31.6 Å². The Morgan fingerprint density at radius 3 is 2.74 bits per heavy atom. The van der Waals surface area contributed by atoms with Crippen LogP contribution in [0.25, 0.3) is 0 Å². The predicted molar refractivity (Wildman–Crippen MR) is 74.4 cm³/mol. The average Bonchev–Trinajstić information content (AvgIpc) is 2.41. The molecule has 1 fully saturated rings. The number of hydrogen-bond donors (Lipinski definition) is 1. The summed E-state index contributed by atoms with van der Waals surface area (Å²) in [5.41, 5.74) is 6.48. The normalized spacial score (nSPS) is 18.6. The molecule has 1 aliphatic heterocycles. The Labute approximate surface area is 113 Å². The fourth-order valence-corrected chi connectivity index (χ4v) is 2.36. The van der Waals surface area contributed by atoms with E-state index >= 15 is 0 Å². The molecule has 1 unspecified atom stereocenters. The van der Waals surface area contributed by atoms with Gasteiger partial charge in [0.1, 0.15) is 0 Å². The molecule has 6 nitrogen and oxygen atoms in total. The molecule has 0 aromatic carbocycles. The van der Waals surface area contributed by atoms with E-state index in [1.54, 1.807) is 19.4 Å². The second kappa shape index (κ2) is 6.16. The number of nitrogens with two attached hydrogens (primary N) is 1. The van der Waals surface area contributed by atoms with Gasteiger partial charge in [-0.3, -0.25) is 4.79 Å². The maximum absolute atomic E-state index is 11.9. The molecule has 1 atom stereocenters. The summed E-state index contributed by atoms with van der Waals surface area (Å²) in [4.78, 5) is 14.1. The fourth-order valence-electron chi connectivity index (χ4n) is 2.36. The Morgan fingerprint density at radius 1 is 1.53 bits per heavy atom. The number of rotatable bonds is 4. The molecule has 0 saturated carbocycles. The Hall–Kier alpha value is -1.40. The van der Waals surface area contributed by atoms with E-state index in [0.29, 0.717) is 12.6 Å². The number of methoxy groups -OCH3 is 1. The Kier molecular flexibility index (Phi) is 4.55. The fraction of sp³-hybridized carbons (Fsp3) is 0.692. The van der Waals surface area contributed by atoms with Crippen LogP contribution >= 0.6 is 0 Å². The van der Waals surface area contributed by atoms with Gasteiger partial charge >= 0.3 is 0 Å². The van der Waals surface area contributed by atoms with Crippen molar-refractivity contribution in [1.82, 2.24) is 9.78 Å².